The van der Waals surface area contributed by atoms with E-state index in [1.165, 1.54) is 76.8 Å². The van der Waals surface area contributed by atoms with Crippen LogP contribution in [0.3, 0.4) is 0 Å². The van der Waals surface area contributed by atoms with Crippen LogP contribution in [0.4, 0.5) is 17.1 Å². The molecule has 0 bridgehead atoms. The quantitative estimate of drug-likeness (QED) is 0.188. The van der Waals surface area contributed by atoms with Gasteiger partial charge in [-0.1, -0.05) is 127 Å². The molecule has 0 saturated carbocycles. The van der Waals surface area contributed by atoms with Gasteiger partial charge in [0.25, 0.3) is 0 Å². The summed E-state index contributed by atoms with van der Waals surface area (Å²) in [6, 6.07) is 56.7. The number of anilines is 3. The summed E-state index contributed by atoms with van der Waals surface area (Å²) in [7, 11) is 2.13. The van der Waals surface area contributed by atoms with Crippen molar-refractivity contribution in [3.8, 4) is 11.1 Å². The molecule has 0 unspecified atom stereocenters. The van der Waals surface area contributed by atoms with Gasteiger partial charge in [0, 0.05) is 12.7 Å². The van der Waals surface area contributed by atoms with Crippen LogP contribution in [0.25, 0.3) is 54.2 Å². The highest BCUT2D eigenvalue weighted by molar-refractivity contribution is 6.24. The number of benzene rings is 8. The molecule has 0 atom stereocenters. The lowest BCUT2D eigenvalue weighted by atomic mass is 9.88. The monoisotopic (exact) mass is 578 g/mol. The van der Waals surface area contributed by atoms with E-state index in [-0.39, 0.29) is 0 Å². The zero-order chi connectivity index (χ0) is 30.3. The second kappa shape index (κ2) is 11.2. The van der Waals surface area contributed by atoms with Crippen LogP contribution in [0, 0.1) is 6.92 Å². The molecule has 1 aliphatic heterocycles. The molecule has 0 aliphatic carbocycles. The molecule has 2 heteroatoms. The molecule has 0 aromatic heterocycles. The molecule has 0 amide bonds. The van der Waals surface area contributed by atoms with Gasteiger partial charge in [-0.2, -0.15) is 0 Å². The molecule has 0 N–H and O–H groups in total. The van der Waals surface area contributed by atoms with E-state index in [0.29, 0.717) is 0 Å². The van der Waals surface area contributed by atoms with Crippen LogP contribution in [0.2, 0.25) is 0 Å². The van der Waals surface area contributed by atoms with E-state index in [1.807, 2.05) is 0 Å². The molecule has 1 heterocycles. The smallest absolute Gasteiger partial charge is 0.0950 e. The maximum atomic E-state index is 2.38. The molecule has 2 nitrogen and oxygen atoms in total. The zero-order valence-electron chi connectivity index (χ0n) is 25.6. The third-order valence-corrected chi connectivity index (χ3v) is 9.19. The average Bonchev–Trinajstić information content (AvgIpc) is 3.45. The van der Waals surface area contributed by atoms with Crippen molar-refractivity contribution < 1.29 is 0 Å². The highest BCUT2D eigenvalue weighted by Gasteiger charge is 2.23. The Morgan fingerprint density at radius 2 is 1.02 bits per heavy atom. The summed E-state index contributed by atoms with van der Waals surface area (Å²) in [5.41, 5.74) is 7.76. The summed E-state index contributed by atoms with van der Waals surface area (Å²) >= 11 is 0. The van der Waals surface area contributed by atoms with Crippen LogP contribution in [0.5, 0.6) is 0 Å². The summed E-state index contributed by atoms with van der Waals surface area (Å²) in [6.45, 7) is 3.11. The summed E-state index contributed by atoms with van der Waals surface area (Å²) in [5, 5.41) is 10.5. The summed E-state index contributed by atoms with van der Waals surface area (Å²) in [4.78, 5) is 4.59. The molecular weight excluding hydrogens is 544 g/mol. The van der Waals surface area contributed by atoms with Crippen LogP contribution < -0.4 is 9.80 Å². The Balaban J connectivity index is 0.000000159. The number of para-hydroxylation sites is 3. The topological polar surface area (TPSA) is 6.48 Å². The second-order valence-electron chi connectivity index (χ2n) is 11.9. The maximum absolute atomic E-state index is 2.38. The van der Waals surface area contributed by atoms with E-state index in [0.717, 1.165) is 6.67 Å². The Bertz CT molecular complexity index is 2340. The van der Waals surface area contributed by atoms with Crippen molar-refractivity contribution in [2.75, 3.05) is 23.5 Å². The lowest BCUT2D eigenvalue weighted by Gasteiger charge is -2.19. The van der Waals surface area contributed by atoms with Crippen molar-refractivity contribution in [3.05, 3.63) is 163 Å². The second-order valence-corrected chi connectivity index (χ2v) is 11.9. The Labute approximate surface area is 264 Å². The first-order chi connectivity index (χ1) is 22.2. The van der Waals surface area contributed by atoms with Crippen LogP contribution in [0.1, 0.15) is 5.56 Å². The highest BCUT2D eigenvalue weighted by Crippen LogP contribution is 2.41. The molecule has 45 heavy (non-hydrogen) atoms. The zero-order valence-corrected chi connectivity index (χ0v) is 25.6. The van der Waals surface area contributed by atoms with Gasteiger partial charge in [0.05, 0.1) is 18.0 Å². The van der Waals surface area contributed by atoms with E-state index in [1.54, 1.807) is 0 Å². The molecule has 0 radical (unpaired) electrons. The normalized spacial score (nSPS) is 12.5. The highest BCUT2D eigenvalue weighted by atomic mass is 15.4. The number of nitrogens with zero attached hydrogens (tertiary/aromatic N) is 2. The van der Waals surface area contributed by atoms with E-state index in [9.17, 15) is 0 Å². The Hall–Kier alpha value is -5.60. The van der Waals surface area contributed by atoms with Gasteiger partial charge in [0.15, 0.2) is 0 Å². The first-order valence-corrected chi connectivity index (χ1v) is 15.6. The van der Waals surface area contributed by atoms with E-state index < -0.39 is 0 Å². The van der Waals surface area contributed by atoms with Gasteiger partial charge >= 0.3 is 0 Å². The Kier molecular flexibility index (Phi) is 6.69. The molecule has 0 fully saturated rings. The third-order valence-electron chi connectivity index (χ3n) is 9.19. The van der Waals surface area contributed by atoms with Crippen molar-refractivity contribution in [1.82, 2.24) is 0 Å². The fraction of sp³-hybridized carbons (Fsp3) is 0.0698. The van der Waals surface area contributed by atoms with Crippen molar-refractivity contribution in [2.45, 2.75) is 6.92 Å². The van der Waals surface area contributed by atoms with Gasteiger partial charge in [-0.3, -0.25) is 0 Å². The predicted octanol–water partition coefficient (Wildman–Crippen LogP) is 11.5. The molecule has 8 aromatic rings. The SMILES string of the molecule is CN1CN(c2ccccc2)c2ccccc21.Cc1ccc(-c2cc3ccc4ccccc4c3c3ccccc23)c2ccccc12. The van der Waals surface area contributed by atoms with Crippen molar-refractivity contribution in [1.29, 1.82) is 0 Å². The van der Waals surface area contributed by atoms with E-state index in [4.69, 9.17) is 0 Å². The number of hydrogen-bond acceptors (Lipinski definition) is 2. The maximum Gasteiger partial charge on any atom is 0.0950 e. The molecule has 0 spiro atoms. The lowest BCUT2D eigenvalue weighted by molar-refractivity contribution is 0.950. The molecule has 216 valence electrons. The summed E-state index contributed by atoms with van der Waals surface area (Å²) < 4.78 is 0. The van der Waals surface area contributed by atoms with Gasteiger partial charge in [-0.25, -0.2) is 0 Å². The number of aryl methyl sites for hydroxylation is 1. The first-order valence-electron chi connectivity index (χ1n) is 15.6. The molecule has 8 aromatic carbocycles. The van der Waals surface area contributed by atoms with Crippen molar-refractivity contribution in [3.63, 3.8) is 0 Å². The summed E-state index contributed by atoms with van der Waals surface area (Å²) in [5.74, 6) is 0. The Morgan fingerprint density at radius 3 is 1.80 bits per heavy atom. The predicted molar refractivity (Wildman–Crippen MR) is 195 cm³/mol. The fourth-order valence-corrected chi connectivity index (χ4v) is 6.99. The van der Waals surface area contributed by atoms with Crippen molar-refractivity contribution in [2.24, 2.45) is 0 Å². The average molecular weight is 579 g/mol. The van der Waals surface area contributed by atoms with Gasteiger partial charge in [0.1, 0.15) is 0 Å². The minimum absolute atomic E-state index is 0.920. The standard InChI is InChI=1S/C29H20.C14H14N2/c1-19-14-17-26(24-11-5-4-9-22(19)24)28-18-21-16-15-20-8-2-3-10-23(20)29(21)27-13-7-6-12-25(27)28;1-15-11-16(12-7-3-2-4-8-12)14-10-6-5-9-13(14)15/h2-18H,1H3;2-10H,11H2,1H3. The third kappa shape index (κ3) is 4.67. The van der Waals surface area contributed by atoms with E-state index >= 15 is 0 Å². The largest absolute Gasteiger partial charge is 0.355 e. The van der Waals surface area contributed by atoms with Crippen LogP contribution in [0.15, 0.2) is 158 Å². The van der Waals surface area contributed by atoms with E-state index in [2.05, 4.69) is 181 Å². The lowest BCUT2D eigenvalue weighted by Crippen LogP contribution is -2.23. The molecular formula is C43H34N2. The number of rotatable bonds is 2. The first kappa shape index (κ1) is 27.0. The van der Waals surface area contributed by atoms with Crippen molar-refractivity contribution >= 4 is 60.2 Å². The number of hydrogen-bond donors (Lipinski definition) is 0. The van der Waals surface area contributed by atoms with Crippen LogP contribution >= 0.6 is 0 Å². The van der Waals surface area contributed by atoms with Gasteiger partial charge in [-0.05, 0) is 97.0 Å². The van der Waals surface area contributed by atoms with Crippen LogP contribution in [-0.4, -0.2) is 13.7 Å². The fourth-order valence-electron chi connectivity index (χ4n) is 6.99. The Morgan fingerprint density at radius 1 is 0.444 bits per heavy atom. The molecule has 0 saturated heterocycles. The molecule has 1 aliphatic rings. The number of fused-ring (bicyclic) bond motifs is 7. The van der Waals surface area contributed by atoms with Gasteiger partial charge in [0.2, 0.25) is 0 Å². The van der Waals surface area contributed by atoms with Gasteiger partial charge in [-0.15, -0.1) is 0 Å². The summed E-state index contributed by atoms with van der Waals surface area (Å²) in [6.07, 6.45) is 0. The van der Waals surface area contributed by atoms with Gasteiger partial charge < -0.3 is 9.80 Å². The minimum Gasteiger partial charge on any atom is -0.355 e. The van der Waals surface area contributed by atoms with Crippen LogP contribution in [-0.2, 0) is 0 Å². The minimum atomic E-state index is 0.920. The molecule has 9 rings (SSSR count).